The largest absolute Gasteiger partial charge is 0.480 e. The number of hydrogen-bond donors (Lipinski definition) is 1. The number of anilines is 1. The molecule has 1 amide bonds. The Morgan fingerprint density at radius 3 is 2.43 bits per heavy atom. The highest BCUT2D eigenvalue weighted by molar-refractivity contribution is 7.89. The Labute approximate surface area is 205 Å². The van der Waals surface area contributed by atoms with Gasteiger partial charge in [0.05, 0.1) is 6.54 Å². The van der Waals surface area contributed by atoms with Gasteiger partial charge in [-0.05, 0) is 37.5 Å². The van der Waals surface area contributed by atoms with E-state index in [1.165, 1.54) is 28.3 Å². The van der Waals surface area contributed by atoms with E-state index < -0.39 is 39.1 Å². The number of sulfonamides is 1. The first kappa shape index (κ1) is 25.1. The second-order valence-corrected chi connectivity index (χ2v) is 11.2. The van der Waals surface area contributed by atoms with E-state index in [9.17, 15) is 23.1 Å². The molecule has 2 saturated heterocycles. The smallest absolute Gasteiger partial charge is 0.328 e. The molecule has 10 heteroatoms. The zero-order valence-corrected chi connectivity index (χ0v) is 20.6. The van der Waals surface area contributed by atoms with Crippen molar-refractivity contribution < 1.29 is 27.5 Å². The van der Waals surface area contributed by atoms with Crippen LogP contribution in [0.5, 0.6) is 0 Å². The summed E-state index contributed by atoms with van der Waals surface area (Å²) in [6, 6.07) is 11.8. The monoisotopic (exact) mass is 503 g/mol. The van der Waals surface area contributed by atoms with Gasteiger partial charge in [-0.1, -0.05) is 36.4 Å². The van der Waals surface area contributed by atoms with Gasteiger partial charge in [-0.2, -0.15) is 4.31 Å². The molecule has 35 heavy (non-hydrogen) atoms. The van der Waals surface area contributed by atoms with Gasteiger partial charge in [-0.25, -0.2) is 17.6 Å². The molecule has 2 unspecified atom stereocenters. The number of piperazine rings is 1. The first-order chi connectivity index (χ1) is 16.6. The Morgan fingerprint density at radius 2 is 1.80 bits per heavy atom. The third kappa shape index (κ3) is 4.90. The van der Waals surface area contributed by atoms with E-state index in [0.29, 0.717) is 31.6 Å². The van der Waals surface area contributed by atoms with E-state index in [4.69, 9.17) is 0 Å². The minimum absolute atomic E-state index is 0.0112. The van der Waals surface area contributed by atoms with Crippen LogP contribution in [0.2, 0.25) is 0 Å². The zero-order chi connectivity index (χ0) is 25.3. The molecule has 2 heterocycles. The van der Waals surface area contributed by atoms with Crippen molar-refractivity contribution in [3.63, 3.8) is 0 Å². The molecule has 4 rings (SSSR count). The minimum Gasteiger partial charge on any atom is -0.480 e. The highest BCUT2D eigenvalue weighted by atomic mass is 32.2. The van der Waals surface area contributed by atoms with E-state index in [2.05, 4.69) is 0 Å². The van der Waals surface area contributed by atoms with E-state index in [-0.39, 0.29) is 24.6 Å². The van der Waals surface area contributed by atoms with E-state index in [1.807, 2.05) is 18.2 Å². The van der Waals surface area contributed by atoms with Gasteiger partial charge in [0.2, 0.25) is 15.9 Å². The van der Waals surface area contributed by atoms with Gasteiger partial charge in [-0.15, -0.1) is 0 Å². The number of amides is 1. The van der Waals surface area contributed by atoms with Crippen molar-refractivity contribution in [2.24, 2.45) is 0 Å². The topological polar surface area (TPSA) is 98.2 Å². The molecule has 2 aliphatic heterocycles. The fourth-order valence-corrected chi connectivity index (χ4v) is 7.30. The van der Waals surface area contributed by atoms with Crippen LogP contribution in [-0.4, -0.2) is 66.8 Å². The number of carboxylic acids is 1. The Balaban J connectivity index is 1.58. The SMILES string of the molecule is CC(=O)N1CCN(c2ccc(C(C)N3CCCC(c4ccccc4)S3(=O)=O)c(F)c2)[C@@H](C(=O)O)C1. The Kier molecular flexibility index (Phi) is 7.14. The standard InChI is InChI=1S/C25H30FN3O5S/c1-17(29-12-6-9-24(35(29,33)34)19-7-4-3-5-8-19)21-11-10-20(15-22(21)26)28-14-13-27(18(2)30)16-23(28)25(31)32/h3-5,7-8,10-11,15,17,23-24H,6,9,12-14,16H2,1-2H3,(H,31,32)/t17?,23-,24?/m1/s1. The lowest BCUT2D eigenvalue weighted by atomic mass is 10.0. The molecule has 8 nitrogen and oxygen atoms in total. The van der Waals surface area contributed by atoms with E-state index in [1.54, 1.807) is 30.0 Å². The Hall–Kier alpha value is -2.98. The van der Waals surface area contributed by atoms with Crippen LogP contribution in [0.25, 0.3) is 0 Å². The molecular weight excluding hydrogens is 473 g/mol. The van der Waals surface area contributed by atoms with Crippen molar-refractivity contribution in [2.45, 2.75) is 44.0 Å². The van der Waals surface area contributed by atoms with Gasteiger partial charge >= 0.3 is 5.97 Å². The summed E-state index contributed by atoms with van der Waals surface area (Å²) in [5.41, 5.74) is 1.35. The lowest BCUT2D eigenvalue weighted by molar-refractivity contribution is -0.141. The third-order valence-corrected chi connectivity index (χ3v) is 9.39. The van der Waals surface area contributed by atoms with E-state index >= 15 is 4.39 Å². The molecule has 2 aliphatic rings. The fourth-order valence-electron chi connectivity index (χ4n) is 5.07. The van der Waals surface area contributed by atoms with Gasteiger partial charge in [0.1, 0.15) is 17.1 Å². The summed E-state index contributed by atoms with van der Waals surface area (Å²) in [6.07, 6.45) is 1.18. The van der Waals surface area contributed by atoms with Crippen LogP contribution in [0, 0.1) is 5.82 Å². The van der Waals surface area contributed by atoms with Crippen molar-refractivity contribution in [1.82, 2.24) is 9.21 Å². The van der Waals surface area contributed by atoms with Crippen LogP contribution in [-0.2, 0) is 19.6 Å². The zero-order valence-electron chi connectivity index (χ0n) is 19.8. The molecule has 0 bridgehead atoms. The summed E-state index contributed by atoms with van der Waals surface area (Å²) in [4.78, 5) is 26.6. The predicted octanol–water partition coefficient (Wildman–Crippen LogP) is 3.18. The number of rotatable bonds is 5. The predicted molar refractivity (Wildman–Crippen MR) is 130 cm³/mol. The first-order valence-corrected chi connectivity index (χ1v) is 13.2. The van der Waals surface area contributed by atoms with Crippen LogP contribution >= 0.6 is 0 Å². The van der Waals surface area contributed by atoms with Crippen LogP contribution in [0.4, 0.5) is 10.1 Å². The molecule has 0 radical (unpaired) electrons. The fraction of sp³-hybridized carbons (Fsp3) is 0.440. The number of carbonyl (C=O) groups excluding carboxylic acids is 1. The summed E-state index contributed by atoms with van der Waals surface area (Å²) >= 11 is 0. The summed E-state index contributed by atoms with van der Waals surface area (Å²) in [5.74, 6) is -1.90. The lowest BCUT2D eigenvalue weighted by Crippen LogP contribution is -2.57. The highest BCUT2D eigenvalue weighted by Crippen LogP contribution is 2.39. The average Bonchev–Trinajstić information content (AvgIpc) is 2.83. The molecule has 2 fully saturated rings. The quantitative estimate of drug-likeness (QED) is 0.673. The third-order valence-electron chi connectivity index (χ3n) is 7.01. The summed E-state index contributed by atoms with van der Waals surface area (Å²) in [5, 5.41) is 9.01. The normalized spacial score (nSPS) is 23.6. The second-order valence-electron chi connectivity index (χ2n) is 9.09. The molecule has 0 aliphatic carbocycles. The van der Waals surface area contributed by atoms with Crippen molar-refractivity contribution in [3.8, 4) is 0 Å². The molecule has 3 atom stereocenters. The number of halogens is 1. The number of benzene rings is 2. The summed E-state index contributed by atoms with van der Waals surface area (Å²) in [6.45, 7) is 3.98. The maximum absolute atomic E-state index is 15.4. The molecule has 1 N–H and O–H groups in total. The van der Waals surface area contributed by atoms with Crippen molar-refractivity contribution in [3.05, 3.63) is 65.5 Å². The number of carbonyl (C=O) groups is 2. The van der Waals surface area contributed by atoms with Gasteiger partial charge in [0.25, 0.3) is 0 Å². The second kappa shape index (κ2) is 9.94. The van der Waals surface area contributed by atoms with Crippen molar-refractivity contribution >= 4 is 27.6 Å². The van der Waals surface area contributed by atoms with Gasteiger partial charge in [0.15, 0.2) is 0 Å². The van der Waals surface area contributed by atoms with Crippen LogP contribution in [0.15, 0.2) is 48.5 Å². The van der Waals surface area contributed by atoms with Gasteiger partial charge in [-0.3, -0.25) is 4.79 Å². The molecule has 0 saturated carbocycles. The maximum Gasteiger partial charge on any atom is 0.328 e. The number of nitrogens with zero attached hydrogens (tertiary/aromatic N) is 3. The molecule has 0 spiro atoms. The average molecular weight is 504 g/mol. The lowest BCUT2D eigenvalue weighted by Gasteiger charge is -2.40. The number of aliphatic carboxylic acids is 1. The summed E-state index contributed by atoms with van der Waals surface area (Å²) in [7, 11) is -3.71. The van der Waals surface area contributed by atoms with Gasteiger partial charge < -0.3 is 14.9 Å². The highest BCUT2D eigenvalue weighted by Gasteiger charge is 2.40. The first-order valence-electron chi connectivity index (χ1n) is 11.7. The molecular formula is C25H30FN3O5S. The van der Waals surface area contributed by atoms with Crippen molar-refractivity contribution in [1.29, 1.82) is 0 Å². The Morgan fingerprint density at radius 1 is 1.09 bits per heavy atom. The maximum atomic E-state index is 15.4. The van der Waals surface area contributed by atoms with E-state index in [0.717, 1.165) is 5.56 Å². The van der Waals surface area contributed by atoms with Crippen LogP contribution in [0.1, 0.15) is 49.1 Å². The molecule has 0 aromatic heterocycles. The van der Waals surface area contributed by atoms with Crippen LogP contribution < -0.4 is 4.90 Å². The molecule has 2 aromatic rings. The Bertz CT molecular complexity index is 1210. The number of hydrogen-bond acceptors (Lipinski definition) is 5. The van der Waals surface area contributed by atoms with Gasteiger partial charge in [0, 0.05) is 43.9 Å². The summed E-state index contributed by atoms with van der Waals surface area (Å²) < 4.78 is 43.6. The van der Waals surface area contributed by atoms with Crippen LogP contribution in [0.3, 0.4) is 0 Å². The molecule has 188 valence electrons. The minimum atomic E-state index is -3.71. The molecule has 2 aromatic carbocycles. The van der Waals surface area contributed by atoms with Crippen molar-refractivity contribution in [2.75, 3.05) is 31.1 Å². The number of carboxylic acid groups (broad SMARTS) is 1.